The number of nitrogen functional groups attached to an aromatic ring is 1. The van der Waals surface area contributed by atoms with E-state index in [1.807, 2.05) is 24.3 Å². The predicted molar refractivity (Wildman–Crippen MR) is 78.8 cm³/mol. The van der Waals surface area contributed by atoms with Crippen molar-refractivity contribution in [3.63, 3.8) is 0 Å². The van der Waals surface area contributed by atoms with Crippen LogP contribution in [-0.2, 0) is 11.2 Å². The number of amides is 1. The van der Waals surface area contributed by atoms with Gasteiger partial charge in [-0.15, -0.1) is 0 Å². The molecule has 0 spiro atoms. The van der Waals surface area contributed by atoms with Gasteiger partial charge in [-0.05, 0) is 36.4 Å². The highest BCUT2D eigenvalue weighted by atomic mass is 16.5. The molecule has 2 aromatic rings. The molecule has 0 saturated carbocycles. The molecule has 0 atom stereocenters. The summed E-state index contributed by atoms with van der Waals surface area (Å²) in [5.41, 5.74) is 7.66. The Morgan fingerprint density at radius 1 is 1.25 bits per heavy atom. The second-order valence-corrected chi connectivity index (χ2v) is 4.41. The molecule has 0 aliphatic rings. The molecule has 0 bridgehead atoms. The normalized spacial score (nSPS) is 10.1. The highest BCUT2D eigenvalue weighted by Crippen LogP contribution is 2.18. The smallest absolute Gasteiger partial charge is 0.232 e. The van der Waals surface area contributed by atoms with E-state index in [1.54, 1.807) is 37.4 Å². The maximum Gasteiger partial charge on any atom is 0.232 e. The van der Waals surface area contributed by atoms with Crippen molar-refractivity contribution < 1.29 is 9.53 Å². The molecule has 0 unspecified atom stereocenters. The first-order valence-electron chi connectivity index (χ1n) is 6.21. The van der Waals surface area contributed by atoms with E-state index in [9.17, 15) is 4.79 Å². The molecule has 5 heteroatoms. The molecule has 20 heavy (non-hydrogen) atoms. The number of ether oxygens (including phenoxy) is 1. The van der Waals surface area contributed by atoms with E-state index >= 15 is 0 Å². The molecule has 0 fully saturated rings. The summed E-state index contributed by atoms with van der Waals surface area (Å²) in [6.45, 7) is 0. The lowest BCUT2D eigenvalue weighted by Crippen LogP contribution is -2.28. The Labute approximate surface area is 118 Å². The molecule has 0 aliphatic carbocycles. The van der Waals surface area contributed by atoms with Gasteiger partial charge in [-0.25, -0.2) is 0 Å². The standard InChI is InChI=1S/C15H17N3O2/c1-18(13-5-7-14(20-2)8-6-13)15(19)9-12-4-3-11(16)10-17-12/h3-8,10H,9,16H2,1-2H3. The summed E-state index contributed by atoms with van der Waals surface area (Å²) in [7, 11) is 3.35. The molecule has 2 N–H and O–H groups in total. The summed E-state index contributed by atoms with van der Waals surface area (Å²) in [4.78, 5) is 17.9. The number of rotatable bonds is 4. The molecule has 1 heterocycles. The van der Waals surface area contributed by atoms with Crippen LogP contribution in [-0.4, -0.2) is 25.0 Å². The molecule has 104 valence electrons. The largest absolute Gasteiger partial charge is 0.497 e. The van der Waals surface area contributed by atoms with Gasteiger partial charge in [0, 0.05) is 18.4 Å². The molecular formula is C15H17N3O2. The number of carbonyl (C=O) groups excluding carboxylic acids is 1. The van der Waals surface area contributed by atoms with Crippen LogP contribution in [0.2, 0.25) is 0 Å². The van der Waals surface area contributed by atoms with E-state index in [4.69, 9.17) is 10.5 Å². The number of nitrogens with zero attached hydrogens (tertiary/aromatic N) is 2. The van der Waals surface area contributed by atoms with Gasteiger partial charge in [-0.2, -0.15) is 0 Å². The average molecular weight is 271 g/mol. The number of likely N-dealkylation sites (N-methyl/N-ethyl adjacent to an activating group) is 1. The van der Waals surface area contributed by atoms with Crippen LogP contribution in [0.25, 0.3) is 0 Å². The molecule has 2 rings (SSSR count). The number of pyridine rings is 1. The van der Waals surface area contributed by atoms with Gasteiger partial charge in [-0.3, -0.25) is 9.78 Å². The number of hydrogen-bond acceptors (Lipinski definition) is 4. The van der Waals surface area contributed by atoms with Gasteiger partial charge >= 0.3 is 0 Å². The Hall–Kier alpha value is -2.56. The first-order valence-corrected chi connectivity index (χ1v) is 6.21. The Bertz CT molecular complexity index is 579. The van der Waals surface area contributed by atoms with Gasteiger partial charge < -0.3 is 15.4 Å². The SMILES string of the molecule is COc1ccc(N(C)C(=O)Cc2ccc(N)cn2)cc1. The van der Waals surface area contributed by atoms with Gasteiger partial charge in [0.1, 0.15) is 5.75 Å². The highest BCUT2D eigenvalue weighted by molar-refractivity contribution is 5.94. The molecule has 1 aromatic heterocycles. The van der Waals surface area contributed by atoms with Crippen molar-refractivity contribution in [3.8, 4) is 5.75 Å². The van der Waals surface area contributed by atoms with E-state index in [-0.39, 0.29) is 12.3 Å². The fraction of sp³-hybridized carbons (Fsp3) is 0.200. The topological polar surface area (TPSA) is 68.5 Å². The van der Waals surface area contributed by atoms with Crippen LogP contribution >= 0.6 is 0 Å². The minimum absolute atomic E-state index is 0.0348. The number of nitrogens with two attached hydrogens (primary N) is 1. The van der Waals surface area contributed by atoms with Crippen molar-refractivity contribution >= 4 is 17.3 Å². The maximum atomic E-state index is 12.2. The fourth-order valence-electron chi connectivity index (χ4n) is 1.76. The van der Waals surface area contributed by atoms with E-state index < -0.39 is 0 Å². The fourth-order valence-corrected chi connectivity index (χ4v) is 1.76. The Morgan fingerprint density at radius 2 is 1.95 bits per heavy atom. The van der Waals surface area contributed by atoms with Crippen LogP contribution in [0.5, 0.6) is 5.75 Å². The Morgan fingerprint density at radius 3 is 2.50 bits per heavy atom. The van der Waals surface area contributed by atoms with Gasteiger partial charge in [0.05, 0.1) is 25.4 Å². The quantitative estimate of drug-likeness (QED) is 0.921. The Balaban J connectivity index is 2.05. The molecule has 1 amide bonds. The zero-order valence-corrected chi connectivity index (χ0v) is 11.5. The number of methoxy groups -OCH3 is 1. The molecule has 5 nitrogen and oxygen atoms in total. The van der Waals surface area contributed by atoms with E-state index in [0.717, 1.165) is 11.4 Å². The lowest BCUT2D eigenvalue weighted by Gasteiger charge is -2.17. The third-order valence-corrected chi connectivity index (χ3v) is 3.01. The van der Waals surface area contributed by atoms with Gasteiger partial charge in [0.15, 0.2) is 0 Å². The summed E-state index contributed by atoms with van der Waals surface area (Å²) in [6.07, 6.45) is 1.79. The van der Waals surface area contributed by atoms with Crippen molar-refractivity contribution in [1.29, 1.82) is 0 Å². The summed E-state index contributed by atoms with van der Waals surface area (Å²) < 4.78 is 5.09. The van der Waals surface area contributed by atoms with E-state index in [2.05, 4.69) is 4.98 Å². The first kappa shape index (κ1) is 13.9. The summed E-state index contributed by atoms with van der Waals surface area (Å²) in [5, 5.41) is 0. The number of hydrogen-bond donors (Lipinski definition) is 1. The molecule has 0 radical (unpaired) electrons. The minimum Gasteiger partial charge on any atom is -0.497 e. The molecule has 0 saturated heterocycles. The Kier molecular flexibility index (Phi) is 4.20. The zero-order valence-electron chi connectivity index (χ0n) is 11.5. The number of carbonyl (C=O) groups is 1. The van der Waals surface area contributed by atoms with Crippen LogP contribution in [0.1, 0.15) is 5.69 Å². The number of aromatic nitrogens is 1. The van der Waals surface area contributed by atoms with Crippen LogP contribution < -0.4 is 15.4 Å². The summed E-state index contributed by atoms with van der Waals surface area (Å²) in [5.74, 6) is 0.724. The van der Waals surface area contributed by atoms with Crippen LogP contribution in [0.3, 0.4) is 0 Å². The lowest BCUT2D eigenvalue weighted by atomic mass is 10.2. The third kappa shape index (κ3) is 3.26. The van der Waals surface area contributed by atoms with Gasteiger partial charge in [0.2, 0.25) is 5.91 Å². The third-order valence-electron chi connectivity index (χ3n) is 3.01. The van der Waals surface area contributed by atoms with Crippen LogP contribution in [0.4, 0.5) is 11.4 Å². The molecule has 1 aromatic carbocycles. The van der Waals surface area contributed by atoms with Crippen molar-refractivity contribution in [2.45, 2.75) is 6.42 Å². The zero-order chi connectivity index (χ0) is 14.5. The van der Waals surface area contributed by atoms with Crippen molar-refractivity contribution in [2.75, 3.05) is 24.8 Å². The van der Waals surface area contributed by atoms with Crippen LogP contribution in [0, 0.1) is 0 Å². The second kappa shape index (κ2) is 6.06. The number of anilines is 2. The van der Waals surface area contributed by atoms with Crippen molar-refractivity contribution in [2.24, 2.45) is 0 Å². The molecule has 0 aliphatic heterocycles. The van der Waals surface area contributed by atoms with Crippen molar-refractivity contribution in [3.05, 3.63) is 48.3 Å². The van der Waals surface area contributed by atoms with Crippen molar-refractivity contribution in [1.82, 2.24) is 4.98 Å². The maximum absolute atomic E-state index is 12.2. The lowest BCUT2D eigenvalue weighted by molar-refractivity contribution is -0.117. The summed E-state index contributed by atoms with van der Waals surface area (Å²) >= 11 is 0. The van der Waals surface area contributed by atoms with E-state index in [0.29, 0.717) is 11.4 Å². The first-order chi connectivity index (χ1) is 9.60. The monoisotopic (exact) mass is 271 g/mol. The number of benzene rings is 1. The van der Waals surface area contributed by atoms with Crippen LogP contribution in [0.15, 0.2) is 42.6 Å². The average Bonchev–Trinajstić information content (AvgIpc) is 2.49. The summed E-state index contributed by atoms with van der Waals surface area (Å²) in [6, 6.07) is 10.8. The minimum atomic E-state index is -0.0348. The van der Waals surface area contributed by atoms with Gasteiger partial charge in [-0.1, -0.05) is 0 Å². The highest BCUT2D eigenvalue weighted by Gasteiger charge is 2.12. The second-order valence-electron chi connectivity index (χ2n) is 4.41. The van der Waals surface area contributed by atoms with Gasteiger partial charge in [0.25, 0.3) is 0 Å². The van der Waals surface area contributed by atoms with E-state index in [1.165, 1.54) is 0 Å². The molecular weight excluding hydrogens is 254 g/mol. The predicted octanol–water partition coefficient (Wildman–Crippen LogP) is 1.88.